The second kappa shape index (κ2) is 5.49. The summed E-state index contributed by atoms with van der Waals surface area (Å²) in [6.45, 7) is 16.6. The van der Waals surface area contributed by atoms with Crippen LogP contribution in [-0.4, -0.2) is 21.4 Å². The van der Waals surface area contributed by atoms with Crippen LogP contribution >= 0.6 is 0 Å². The molecule has 0 aromatic carbocycles. The molecule has 4 atom stereocenters. The average molecular weight is 306 g/mol. The predicted molar refractivity (Wildman–Crippen MR) is 92.6 cm³/mol. The van der Waals surface area contributed by atoms with Crippen LogP contribution in [0.3, 0.4) is 0 Å². The van der Waals surface area contributed by atoms with Crippen molar-refractivity contribution in [2.24, 2.45) is 16.7 Å². The number of rotatable bonds is 4. The Balaban J connectivity index is 2.34. The number of fused-ring (bicyclic) bond motifs is 1. The zero-order valence-corrected chi connectivity index (χ0v) is 14.9. The summed E-state index contributed by atoms with van der Waals surface area (Å²) < 4.78 is 0. The van der Waals surface area contributed by atoms with E-state index in [0.717, 1.165) is 31.3 Å². The summed E-state index contributed by atoms with van der Waals surface area (Å²) in [4.78, 5) is 0. The second-order valence-electron chi connectivity index (χ2n) is 8.88. The Kier molecular flexibility index (Phi) is 4.43. The van der Waals surface area contributed by atoms with Gasteiger partial charge in [-0.3, -0.25) is 0 Å². The van der Waals surface area contributed by atoms with E-state index in [1.807, 2.05) is 0 Å². The van der Waals surface area contributed by atoms with Crippen LogP contribution in [0.15, 0.2) is 24.8 Å². The highest BCUT2D eigenvalue weighted by atomic mass is 16.3. The van der Waals surface area contributed by atoms with Crippen molar-refractivity contribution in [3.05, 3.63) is 24.8 Å². The molecule has 0 aliphatic heterocycles. The van der Waals surface area contributed by atoms with Gasteiger partial charge in [0, 0.05) is 5.41 Å². The maximum absolute atomic E-state index is 11.6. The summed E-state index contributed by atoms with van der Waals surface area (Å²) in [6, 6.07) is 0. The molecule has 2 N–H and O–H groups in total. The lowest BCUT2D eigenvalue weighted by atomic mass is 9.45. The standard InChI is InChI=1S/C20H34O2/c1-7-18(5,21)13-14-20(22)15(2)9-10-16-17(3,4)11-8-12-19(16,20)6/h7,16,21-22H,1-2,8-14H2,3-6H3/t16-,18+,19-,20+/m0/s1. The van der Waals surface area contributed by atoms with Crippen molar-refractivity contribution >= 4 is 0 Å². The fourth-order valence-electron chi connectivity index (χ4n) is 5.25. The van der Waals surface area contributed by atoms with E-state index in [1.165, 1.54) is 6.42 Å². The van der Waals surface area contributed by atoms with E-state index < -0.39 is 11.2 Å². The molecule has 2 aliphatic carbocycles. The quantitative estimate of drug-likeness (QED) is 0.744. The predicted octanol–water partition coefficient (Wildman–Crippen LogP) is 4.62. The molecule has 2 nitrogen and oxygen atoms in total. The summed E-state index contributed by atoms with van der Waals surface area (Å²) in [5.74, 6) is 0.512. The van der Waals surface area contributed by atoms with Crippen molar-refractivity contribution in [1.82, 2.24) is 0 Å². The van der Waals surface area contributed by atoms with Gasteiger partial charge in [0.05, 0.1) is 11.2 Å². The number of aliphatic hydroxyl groups is 2. The van der Waals surface area contributed by atoms with E-state index in [-0.39, 0.29) is 10.8 Å². The van der Waals surface area contributed by atoms with Crippen molar-refractivity contribution in [1.29, 1.82) is 0 Å². The summed E-state index contributed by atoms with van der Waals surface area (Å²) in [6.07, 6.45) is 8.13. The molecule has 0 aromatic heterocycles. The smallest absolute Gasteiger partial charge is 0.0911 e. The van der Waals surface area contributed by atoms with Gasteiger partial charge >= 0.3 is 0 Å². The zero-order valence-electron chi connectivity index (χ0n) is 14.9. The molecule has 0 aromatic rings. The van der Waals surface area contributed by atoms with Gasteiger partial charge in [0.25, 0.3) is 0 Å². The van der Waals surface area contributed by atoms with Gasteiger partial charge in [-0.2, -0.15) is 0 Å². The monoisotopic (exact) mass is 306 g/mol. The molecular weight excluding hydrogens is 272 g/mol. The van der Waals surface area contributed by atoms with Gasteiger partial charge in [-0.15, -0.1) is 6.58 Å². The molecule has 0 spiro atoms. The van der Waals surface area contributed by atoms with Gasteiger partial charge in [0.1, 0.15) is 0 Å². The Bertz CT molecular complexity index is 462. The lowest BCUT2D eigenvalue weighted by Gasteiger charge is -2.61. The van der Waals surface area contributed by atoms with Gasteiger partial charge in [0.15, 0.2) is 0 Å². The highest BCUT2D eigenvalue weighted by Gasteiger charge is 2.60. The molecule has 0 heterocycles. The second-order valence-corrected chi connectivity index (χ2v) is 8.88. The van der Waals surface area contributed by atoms with Crippen LogP contribution in [0, 0.1) is 16.7 Å². The molecule has 2 saturated carbocycles. The topological polar surface area (TPSA) is 40.5 Å². The van der Waals surface area contributed by atoms with Crippen LogP contribution in [0.25, 0.3) is 0 Å². The Morgan fingerprint density at radius 3 is 2.55 bits per heavy atom. The summed E-state index contributed by atoms with van der Waals surface area (Å²) in [5.41, 5.74) is -0.711. The molecule has 126 valence electrons. The Labute approximate surface area is 136 Å². The molecule has 2 fully saturated rings. The van der Waals surface area contributed by atoms with Gasteiger partial charge < -0.3 is 10.2 Å². The van der Waals surface area contributed by atoms with Crippen LogP contribution in [0.1, 0.15) is 72.6 Å². The highest BCUT2D eigenvalue weighted by Crippen LogP contribution is 2.63. The Hall–Kier alpha value is -0.600. The summed E-state index contributed by atoms with van der Waals surface area (Å²) >= 11 is 0. The Morgan fingerprint density at radius 1 is 1.32 bits per heavy atom. The minimum Gasteiger partial charge on any atom is -0.386 e. The third-order valence-corrected chi connectivity index (χ3v) is 6.93. The van der Waals surface area contributed by atoms with E-state index in [4.69, 9.17) is 0 Å². The maximum Gasteiger partial charge on any atom is 0.0911 e. The molecule has 0 bridgehead atoms. The third-order valence-electron chi connectivity index (χ3n) is 6.93. The van der Waals surface area contributed by atoms with Crippen molar-refractivity contribution in [3.63, 3.8) is 0 Å². The van der Waals surface area contributed by atoms with Crippen molar-refractivity contribution in [2.75, 3.05) is 0 Å². The Morgan fingerprint density at radius 2 is 1.95 bits per heavy atom. The molecule has 2 rings (SSSR count). The summed E-state index contributed by atoms with van der Waals surface area (Å²) in [7, 11) is 0. The zero-order chi connectivity index (χ0) is 16.8. The van der Waals surface area contributed by atoms with E-state index in [2.05, 4.69) is 33.9 Å². The van der Waals surface area contributed by atoms with E-state index in [0.29, 0.717) is 18.8 Å². The van der Waals surface area contributed by atoms with Crippen molar-refractivity contribution in [3.8, 4) is 0 Å². The molecule has 2 heteroatoms. The first-order valence-corrected chi connectivity index (χ1v) is 8.75. The van der Waals surface area contributed by atoms with Crippen molar-refractivity contribution in [2.45, 2.75) is 83.8 Å². The molecular formula is C20H34O2. The van der Waals surface area contributed by atoms with Crippen LogP contribution in [0.4, 0.5) is 0 Å². The van der Waals surface area contributed by atoms with Gasteiger partial charge in [-0.25, -0.2) is 0 Å². The largest absolute Gasteiger partial charge is 0.386 e. The number of hydrogen-bond donors (Lipinski definition) is 2. The average Bonchev–Trinajstić information content (AvgIpc) is 2.42. The highest BCUT2D eigenvalue weighted by molar-refractivity contribution is 5.25. The van der Waals surface area contributed by atoms with E-state index >= 15 is 0 Å². The first kappa shape index (κ1) is 17.7. The first-order chi connectivity index (χ1) is 9.98. The molecule has 0 amide bonds. The minimum atomic E-state index is -0.927. The van der Waals surface area contributed by atoms with Crippen LogP contribution in [0.5, 0.6) is 0 Å². The minimum absolute atomic E-state index is 0.138. The van der Waals surface area contributed by atoms with Crippen LogP contribution < -0.4 is 0 Å². The van der Waals surface area contributed by atoms with Gasteiger partial charge in [-0.1, -0.05) is 39.8 Å². The van der Waals surface area contributed by atoms with Gasteiger partial charge in [-0.05, 0) is 62.4 Å². The molecule has 0 saturated heterocycles. The molecule has 2 aliphatic rings. The van der Waals surface area contributed by atoms with Crippen LogP contribution in [0.2, 0.25) is 0 Å². The van der Waals surface area contributed by atoms with E-state index in [1.54, 1.807) is 13.0 Å². The fourth-order valence-corrected chi connectivity index (χ4v) is 5.25. The maximum atomic E-state index is 11.6. The SMILES string of the molecule is C=C[C@@](C)(O)CC[C@@]1(O)C(=C)CC[C@H]2C(C)(C)CCC[C@@]21C. The third kappa shape index (κ3) is 2.69. The normalized spacial score (nSPS) is 40.6. The van der Waals surface area contributed by atoms with Crippen LogP contribution in [-0.2, 0) is 0 Å². The fraction of sp³-hybridized carbons (Fsp3) is 0.800. The molecule has 22 heavy (non-hydrogen) atoms. The lowest BCUT2D eigenvalue weighted by molar-refractivity contribution is -0.161. The summed E-state index contributed by atoms with van der Waals surface area (Å²) in [5, 5.41) is 21.9. The van der Waals surface area contributed by atoms with E-state index in [9.17, 15) is 10.2 Å². The van der Waals surface area contributed by atoms with Crippen molar-refractivity contribution < 1.29 is 10.2 Å². The number of hydrogen-bond acceptors (Lipinski definition) is 2. The molecule has 0 unspecified atom stereocenters. The van der Waals surface area contributed by atoms with Gasteiger partial charge in [0.2, 0.25) is 0 Å². The lowest BCUT2D eigenvalue weighted by Crippen LogP contribution is -2.60. The first-order valence-electron chi connectivity index (χ1n) is 8.75. The molecule has 0 radical (unpaired) electrons.